The lowest BCUT2D eigenvalue weighted by molar-refractivity contribution is -0.140. The van der Waals surface area contributed by atoms with Crippen LogP contribution < -0.4 is 0 Å². The third-order valence-corrected chi connectivity index (χ3v) is 6.57. The van der Waals surface area contributed by atoms with Crippen LogP contribution >= 0.6 is 0 Å². The maximum absolute atomic E-state index is 13.2. The van der Waals surface area contributed by atoms with Gasteiger partial charge >= 0.3 is 7.12 Å². The van der Waals surface area contributed by atoms with Gasteiger partial charge in [-0.3, -0.25) is 14.5 Å². The molecule has 4 atom stereocenters. The SMILES string of the molecule is CCCC1=C2B(O)O[C@H](c3ccc(O)cc3)C[C@H]2[C@H]2C(=O)N(CCC)C(=O)[C@H]2C1. The monoisotopic (exact) mass is 397 g/mol. The minimum Gasteiger partial charge on any atom is -0.508 e. The van der Waals surface area contributed by atoms with E-state index in [-0.39, 0.29) is 35.5 Å². The average Bonchev–Trinajstić information content (AvgIpc) is 2.93. The lowest BCUT2D eigenvalue weighted by Gasteiger charge is -2.42. The first-order chi connectivity index (χ1) is 14.0. The fraction of sp³-hybridized carbons (Fsp3) is 0.545. The Morgan fingerprint density at radius 3 is 2.48 bits per heavy atom. The van der Waals surface area contributed by atoms with Gasteiger partial charge in [0.05, 0.1) is 17.9 Å². The van der Waals surface area contributed by atoms with Gasteiger partial charge in [-0.25, -0.2) is 0 Å². The number of hydrogen-bond donors (Lipinski definition) is 2. The zero-order valence-electron chi connectivity index (χ0n) is 17.0. The van der Waals surface area contributed by atoms with E-state index >= 15 is 0 Å². The van der Waals surface area contributed by atoms with E-state index in [1.165, 1.54) is 4.90 Å². The van der Waals surface area contributed by atoms with E-state index in [1.54, 1.807) is 24.3 Å². The van der Waals surface area contributed by atoms with Crippen molar-refractivity contribution in [2.45, 2.75) is 52.1 Å². The molecule has 0 radical (unpaired) electrons. The molecule has 29 heavy (non-hydrogen) atoms. The van der Waals surface area contributed by atoms with Crippen LogP contribution in [0.25, 0.3) is 0 Å². The number of allylic oxidation sites excluding steroid dienone is 2. The first kappa shape index (κ1) is 20.2. The van der Waals surface area contributed by atoms with Crippen molar-refractivity contribution in [2.75, 3.05) is 6.54 Å². The number of likely N-dealkylation sites (tertiary alicyclic amines) is 1. The minimum absolute atomic E-state index is 0.0586. The molecular weight excluding hydrogens is 369 g/mol. The van der Waals surface area contributed by atoms with Crippen LogP contribution in [0.3, 0.4) is 0 Å². The van der Waals surface area contributed by atoms with Crippen molar-refractivity contribution in [2.24, 2.45) is 17.8 Å². The fourth-order valence-corrected chi connectivity index (χ4v) is 5.36. The fourth-order valence-electron chi connectivity index (χ4n) is 5.36. The molecule has 6 nitrogen and oxygen atoms in total. The number of phenolic OH excluding ortho intramolecular Hbond substituents is 1. The number of carbonyl (C=O) groups excluding carboxylic acids is 2. The zero-order valence-corrected chi connectivity index (χ0v) is 17.0. The van der Waals surface area contributed by atoms with Gasteiger partial charge in [-0.1, -0.05) is 38.0 Å². The molecule has 1 aromatic rings. The van der Waals surface area contributed by atoms with Crippen molar-refractivity contribution >= 4 is 18.9 Å². The highest BCUT2D eigenvalue weighted by atomic mass is 16.5. The van der Waals surface area contributed by atoms with Crippen LogP contribution in [0, 0.1) is 17.8 Å². The van der Waals surface area contributed by atoms with Crippen LogP contribution in [0.2, 0.25) is 0 Å². The largest absolute Gasteiger partial charge is 0.508 e. The lowest BCUT2D eigenvalue weighted by atomic mass is 9.54. The maximum atomic E-state index is 13.2. The second-order valence-corrected chi connectivity index (χ2v) is 8.38. The highest BCUT2D eigenvalue weighted by Gasteiger charge is 2.57. The summed E-state index contributed by atoms with van der Waals surface area (Å²) in [6.07, 6.45) is 3.16. The molecule has 2 heterocycles. The van der Waals surface area contributed by atoms with Crippen molar-refractivity contribution in [3.05, 3.63) is 40.9 Å². The Bertz CT molecular complexity index is 836. The van der Waals surface area contributed by atoms with Crippen molar-refractivity contribution < 1.29 is 24.4 Å². The van der Waals surface area contributed by atoms with Crippen molar-refractivity contribution in [1.29, 1.82) is 0 Å². The van der Waals surface area contributed by atoms with E-state index in [9.17, 15) is 19.7 Å². The third-order valence-electron chi connectivity index (χ3n) is 6.57. The van der Waals surface area contributed by atoms with E-state index < -0.39 is 13.0 Å². The summed E-state index contributed by atoms with van der Waals surface area (Å²) in [5, 5.41) is 20.5. The van der Waals surface area contributed by atoms with E-state index in [0.29, 0.717) is 19.4 Å². The number of imide groups is 1. The predicted octanol–water partition coefficient (Wildman–Crippen LogP) is 3.00. The summed E-state index contributed by atoms with van der Waals surface area (Å²) < 4.78 is 5.95. The van der Waals surface area contributed by atoms with Gasteiger partial charge in [0.25, 0.3) is 0 Å². The first-order valence-corrected chi connectivity index (χ1v) is 10.7. The van der Waals surface area contributed by atoms with Gasteiger partial charge in [-0.15, -0.1) is 0 Å². The smallest absolute Gasteiger partial charge is 0.487 e. The molecule has 0 bridgehead atoms. The Hall–Kier alpha value is -2.12. The summed E-state index contributed by atoms with van der Waals surface area (Å²) in [6, 6.07) is 6.74. The summed E-state index contributed by atoms with van der Waals surface area (Å²) in [5.41, 5.74) is 2.75. The molecule has 2 N–H and O–H groups in total. The molecule has 1 aliphatic carbocycles. The maximum Gasteiger partial charge on any atom is 0.487 e. The van der Waals surface area contributed by atoms with E-state index in [1.807, 2.05) is 6.92 Å². The molecule has 2 aliphatic heterocycles. The molecule has 3 aliphatic rings. The number of nitrogens with zero attached hydrogens (tertiary/aromatic N) is 1. The predicted molar refractivity (Wildman–Crippen MR) is 109 cm³/mol. The van der Waals surface area contributed by atoms with Gasteiger partial charge in [-0.05, 0) is 54.8 Å². The number of phenols is 1. The highest BCUT2D eigenvalue weighted by molar-refractivity contribution is 6.53. The van der Waals surface area contributed by atoms with Crippen LogP contribution in [0.15, 0.2) is 35.3 Å². The van der Waals surface area contributed by atoms with Gasteiger partial charge < -0.3 is 14.8 Å². The molecule has 2 amide bonds. The number of carbonyl (C=O) groups is 2. The first-order valence-electron chi connectivity index (χ1n) is 10.7. The molecule has 0 unspecified atom stereocenters. The summed E-state index contributed by atoms with van der Waals surface area (Å²) in [5.74, 6) is -0.926. The van der Waals surface area contributed by atoms with Crippen LogP contribution in [0.4, 0.5) is 0 Å². The highest BCUT2D eigenvalue weighted by Crippen LogP contribution is 2.52. The van der Waals surface area contributed by atoms with Gasteiger partial charge in [0.1, 0.15) is 5.75 Å². The second-order valence-electron chi connectivity index (χ2n) is 8.38. The second kappa shape index (κ2) is 7.96. The molecule has 1 aromatic carbocycles. The van der Waals surface area contributed by atoms with Crippen LogP contribution in [-0.4, -0.2) is 40.5 Å². The molecule has 4 rings (SSSR count). The standard InChI is InChI=1S/C22H28BNO5/c1-3-5-14-11-17-19(22(27)24(10-4-2)21(17)26)16-12-18(29-23(28)20(14)16)13-6-8-15(25)9-7-13/h6-9,16-19,25,28H,3-5,10-12H2,1-2H3/t16-,17-,18-,19+/m0/s1. The molecule has 2 saturated heterocycles. The molecule has 0 aromatic heterocycles. The van der Waals surface area contributed by atoms with Crippen molar-refractivity contribution in [3.63, 3.8) is 0 Å². The Balaban J connectivity index is 1.72. The van der Waals surface area contributed by atoms with Crippen molar-refractivity contribution in [1.82, 2.24) is 4.90 Å². The van der Waals surface area contributed by atoms with Crippen LogP contribution in [0.5, 0.6) is 5.75 Å². The molecular formula is C22H28BNO5. The summed E-state index contributed by atoms with van der Waals surface area (Å²) >= 11 is 0. The van der Waals surface area contributed by atoms with Crippen LogP contribution in [-0.2, 0) is 14.2 Å². The molecule has 0 spiro atoms. The minimum atomic E-state index is -1.07. The van der Waals surface area contributed by atoms with Gasteiger partial charge in [0, 0.05) is 6.54 Å². The summed E-state index contributed by atoms with van der Waals surface area (Å²) in [4.78, 5) is 27.6. The number of benzene rings is 1. The molecule has 154 valence electrons. The number of aromatic hydroxyl groups is 1. The average molecular weight is 397 g/mol. The quantitative estimate of drug-likeness (QED) is 0.589. The van der Waals surface area contributed by atoms with Gasteiger partial charge in [-0.2, -0.15) is 0 Å². The van der Waals surface area contributed by atoms with Gasteiger partial charge in [0.15, 0.2) is 0 Å². The number of fused-ring (bicyclic) bond motifs is 3. The number of amides is 2. The Kier molecular flexibility index (Phi) is 5.53. The topological polar surface area (TPSA) is 87.1 Å². The molecule has 0 saturated carbocycles. The molecule has 2 fully saturated rings. The summed E-state index contributed by atoms with van der Waals surface area (Å²) in [7, 11) is -1.07. The van der Waals surface area contributed by atoms with E-state index in [0.717, 1.165) is 35.9 Å². The number of hydrogen-bond acceptors (Lipinski definition) is 5. The van der Waals surface area contributed by atoms with E-state index in [4.69, 9.17) is 4.65 Å². The summed E-state index contributed by atoms with van der Waals surface area (Å²) in [6.45, 7) is 4.50. The van der Waals surface area contributed by atoms with Gasteiger partial charge in [0.2, 0.25) is 11.8 Å². The zero-order chi connectivity index (χ0) is 20.7. The number of rotatable bonds is 5. The normalized spacial score (nSPS) is 29.3. The Morgan fingerprint density at radius 2 is 1.83 bits per heavy atom. The Labute approximate surface area is 171 Å². The molecule has 7 heteroatoms. The third kappa shape index (κ3) is 3.40. The Morgan fingerprint density at radius 1 is 1.10 bits per heavy atom. The van der Waals surface area contributed by atoms with E-state index in [2.05, 4.69) is 6.92 Å². The van der Waals surface area contributed by atoms with Crippen molar-refractivity contribution in [3.8, 4) is 5.75 Å². The van der Waals surface area contributed by atoms with Crippen LogP contribution in [0.1, 0.15) is 57.6 Å². The lowest BCUT2D eigenvalue weighted by Crippen LogP contribution is -2.44.